The summed E-state index contributed by atoms with van der Waals surface area (Å²) in [6, 6.07) is 11.8. The SMILES string of the molecule is Cc1ccc(CCCNC(=O)C2CCN(S(=O)(=O)c3cccs3)CC2)cc1. The van der Waals surface area contributed by atoms with Crippen LogP contribution >= 0.6 is 11.3 Å². The molecular formula is C20H26N2O3S2. The van der Waals surface area contributed by atoms with Gasteiger partial charge in [0, 0.05) is 25.6 Å². The lowest BCUT2D eigenvalue weighted by Gasteiger charge is -2.30. The number of sulfonamides is 1. The van der Waals surface area contributed by atoms with Gasteiger partial charge in [-0.25, -0.2) is 8.42 Å². The van der Waals surface area contributed by atoms with E-state index in [2.05, 4.69) is 36.5 Å². The summed E-state index contributed by atoms with van der Waals surface area (Å²) in [5, 5.41) is 4.78. The molecule has 0 spiro atoms. The van der Waals surface area contributed by atoms with Gasteiger partial charge in [-0.15, -0.1) is 11.3 Å². The molecule has 2 heterocycles. The van der Waals surface area contributed by atoms with Crippen LogP contribution in [0.5, 0.6) is 0 Å². The molecule has 1 aliphatic rings. The minimum Gasteiger partial charge on any atom is -0.356 e. The van der Waals surface area contributed by atoms with E-state index in [1.165, 1.54) is 26.8 Å². The third-order valence-electron chi connectivity index (χ3n) is 4.98. The quantitative estimate of drug-likeness (QED) is 0.718. The van der Waals surface area contributed by atoms with Gasteiger partial charge in [-0.1, -0.05) is 35.9 Å². The molecule has 1 amide bonds. The first-order chi connectivity index (χ1) is 13.0. The number of carbonyl (C=O) groups is 1. The Labute approximate surface area is 165 Å². The van der Waals surface area contributed by atoms with Crippen LogP contribution in [0.2, 0.25) is 0 Å². The van der Waals surface area contributed by atoms with Gasteiger partial charge in [-0.2, -0.15) is 4.31 Å². The Morgan fingerprint density at radius 3 is 2.52 bits per heavy atom. The second-order valence-corrected chi connectivity index (χ2v) is 10.1. The Hall–Kier alpha value is -1.70. The summed E-state index contributed by atoms with van der Waals surface area (Å²) < 4.78 is 26.9. The lowest BCUT2D eigenvalue weighted by molar-refractivity contribution is -0.126. The maximum Gasteiger partial charge on any atom is 0.252 e. The minimum absolute atomic E-state index is 0.0482. The zero-order valence-electron chi connectivity index (χ0n) is 15.6. The van der Waals surface area contributed by atoms with Gasteiger partial charge in [0.1, 0.15) is 4.21 Å². The fourth-order valence-corrected chi connectivity index (χ4v) is 5.91. The standard InChI is InChI=1S/C20H26N2O3S2/c1-16-6-8-17(9-7-16)4-2-12-21-20(23)18-10-13-22(14-11-18)27(24,25)19-5-3-15-26-19/h3,5-9,15,18H,2,4,10-14H2,1H3,(H,21,23). The van der Waals surface area contributed by atoms with Gasteiger partial charge in [0.15, 0.2) is 0 Å². The second kappa shape index (κ2) is 8.99. The lowest BCUT2D eigenvalue weighted by Crippen LogP contribution is -2.43. The van der Waals surface area contributed by atoms with Crippen LogP contribution in [0, 0.1) is 12.8 Å². The van der Waals surface area contributed by atoms with E-state index in [9.17, 15) is 13.2 Å². The average Bonchev–Trinajstić information content (AvgIpc) is 3.22. The molecule has 0 aliphatic carbocycles. The van der Waals surface area contributed by atoms with E-state index >= 15 is 0 Å². The molecular weight excluding hydrogens is 380 g/mol. The first-order valence-electron chi connectivity index (χ1n) is 9.34. The molecule has 0 radical (unpaired) electrons. The van der Waals surface area contributed by atoms with Gasteiger partial charge in [0.25, 0.3) is 10.0 Å². The molecule has 146 valence electrons. The molecule has 27 heavy (non-hydrogen) atoms. The number of thiophene rings is 1. The number of carbonyl (C=O) groups excluding carboxylic acids is 1. The molecule has 1 aliphatic heterocycles. The Morgan fingerprint density at radius 2 is 1.89 bits per heavy atom. The monoisotopic (exact) mass is 406 g/mol. The van der Waals surface area contributed by atoms with Crippen molar-refractivity contribution in [1.82, 2.24) is 9.62 Å². The summed E-state index contributed by atoms with van der Waals surface area (Å²) in [7, 11) is -3.40. The first-order valence-corrected chi connectivity index (χ1v) is 11.7. The van der Waals surface area contributed by atoms with E-state index in [0.29, 0.717) is 36.7 Å². The first kappa shape index (κ1) is 20.0. The van der Waals surface area contributed by atoms with Crippen LogP contribution in [-0.4, -0.2) is 38.3 Å². The van der Waals surface area contributed by atoms with E-state index in [0.717, 1.165) is 12.8 Å². The molecule has 1 aromatic heterocycles. The summed E-state index contributed by atoms with van der Waals surface area (Å²) in [5.41, 5.74) is 2.53. The maximum atomic E-state index is 12.5. The van der Waals surface area contributed by atoms with E-state index in [1.807, 2.05) is 0 Å². The highest BCUT2D eigenvalue weighted by molar-refractivity contribution is 7.91. The number of hydrogen-bond donors (Lipinski definition) is 1. The predicted octanol–water partition coefficient (Wildman–Crippen LogP) is 3.21. The van der Waals surface area contributed by atoms with Crippen molar-refractivity contribution in [3.05, 3.63) is 52.9 Å². The normalized spacial score (nSPS) is 16.3. The molecule has 0 saturated carbocycles. The average molecular weight is 407 g/mol. The van der Waals surface area contributed by atoms with Crippen molar-refractivity contribution >= 4 is 27.3 Å². The molecule has 1 N–H and O–H groups in total. The van der Waals surface area contributed by atoms with Gasteiger partial charge >= 0.3 is 0 Å². The second-order valence-electron chi connectivity index (χ2n) is 6.99. The molecule has 0 unspecified atom stereocenters. The van der Waals surface area contributed by atoms with E-state index in [4.69, 9.17) is 0 Å². The Balaban J connectivity index is 1.40. The van der Waals surface area contributed by atoms with Crippen molar-refractivity contribution in [2.75, 3.05) is 19.6 Å². The predicted molar refractivity (Wildman–Crippen MR) is 108 cm³/mol. The molecule has 1 fully saturated rings. The highest BCUT2D eigenvalue weighted by Crippen LogP contribution is 2.26. The van der Waals surface area contributed by atoms with Gasteiger partial charge < -0.3 is 5.32 Å². The van der Waals surface area contributed by atoms with E-state index in [-0.39, 0.29) is 11.8 Å². The van der Waals surface area contributed by atoms with Crippen molar-refractivity contribution in [3.8, 4) is 0 Å². The third kappa shape index (κ3) is 5.18. The van der Waals surface area contributed by atoms with Gasteiger partial charge in [0.2, 0.25) is 5.91 Å². The maximum absolute atomic E-state index is 12.5. The number of piperidine rings is 1. The van der Waals surface area contributed by atoms with Crippen molar-refractivity contribution < 1.29 is 13.2 Å². The molecule has 1 saturated heterocycles. The number of rotatable bonds is 7. The third-order valence-corrected chi connectivity index (χ3v) is 8.25. The Bertz CT molecular complexity index is 838. The number of nitrogens with one attached hydrogen (secondary N) is 1. The fraction of sp³-hybridized carbons (Fsp3) is 0.450. The Morgan fingerprint density at radius 1 is 1.19 bits per heavy atom. The highest BCUT2D eigenvalue weighted by atomic mass is 32.2. The molecule has 7 heteroatoms. The van der Waals surface area contributed by atoms with Gasteiger partial charge in [0.05, 0.1) is 0 Å². The van der Waals surface area contributed by atoms with Crippen LogP contribution in [0.4, 0.5) is 0 Å². The largest absolute Gasteiger partial charge is 0.356 e. The molecule has 2 aromatic rings. The fourth-order valence-electron chi connectivity index (χ4n) is 3.30. The zero-order valence-corrected chi connectivity index (χ0v) is 17.2. The summed E-state index contributed by atoms with van der Waals surface area (Å²) in [6.45, 7) is 3.53. The number of hydrogen-bond acceptors (Lipinski definition) is 4. The van der Waals surface area contributed by atoms with Gasteiger partial charge in [-0.3, -0.25) is 4.79 Å². The summed E-state index contributed by atoms with van der Waals surface area (Å²) >= 11 is 1.23. The van der Waals surface area contributed by atoms with Crippen LogP contribution in [-0.2, 0) is 21.2 Å². The number of nitrogens with zero attached hydrogens (tertiary/aromatic N) is 1. The molecule has 3 rings (SSSR count). The molecule has 0 atom stereocenters. The summed E-state index contributed by atoms with van der Waals surface area (Å²) in [4.78, 5) is 12.4. The number of amides is 1. The van der Waals surface area contributed by atoms with Gasteiger partial charge in [-0.05, 0) is 49.6 Å². The van der Waals surface area contributed by atoms with Crippen molar-refractivity contribution in [2.45, 2.75) is 36.8 Å². The smallest absolute Gasteiger partial charge is 0.252 e. The van der Waals surface area contributed by atoms with Crippen LogP contribution in [0.1, 0.15) is 30.4 Å². The topological polar surface area (TPSA) is 66.5 Å². The van der Waals surface area contributed by atoms with Crippen LogP contribution < -0.4 is 5.32 Å². The molecule has 1 aromatic carbocycles. The highest BCUT2D eigenvalue weighted by Gasteiger charge is 2.32. The Kier molecular flexibility index (Phi) is 6.68. The molecule has 0 bridgehead atoms. The van der Waals surface area contributed by atoms with E-state index < -0.39 is 10.0 Å². The summed E-state index contributed by atoms with van der Waals surface area (Å²) in [5.74, 6) is -0.0498. The van der Waals surface area contributed by atoms with Crippen LogP contribution in [0.25, 0.3) is 0 Å². The minimum atomic E-state index is -3.40. The van der Waals surface area contributed by atoms with Crippen molar-refractivity contribution in [2.24, 2.45) is 5.92 Å². The molecule has 5 nitrogen and oxygen atoms in total. The van der Waals surface area contributed by atoms with Crippen LogP contribution in [0.3, 0.4) is 0 Å². The summed E-state index contributed by atoms with van der Waals surface area (Å²) in [6.07, 6.45) is 3.00. The number of aryl methyl sites for hydroxylation is 2. The van der Waals surface area contributed by atoms with Crippen molar-refractivity contribution in [1.29, 1.82) is 0 Å². The zero-order chi connectivity index (χ0) is 19.3. The number of benzene rings is 1. The lowest BCUT2D eigenvalue weighted by atomic mass is 9.97. The van der Waals surface area contributed by atoms with E-state index in [1.54, 1.807) is 17.5 Å². The van der Waals surface area contributed by atoms with Crippen LogP contribution in [0.15, 0.2) is 46.0 Å². The van der Waals surface area contributed by atoms with Crippen molar-refractivity contribution in [3.63, 3.8) is 0 Å².